The number of aryl methyl sites for hydroxylation is 2. The lowest BCUT2D eigenvalue weighted by Crippen LogP contribution is -2.46. The van der Waals surface area contributed by atoms with Gasteiger partial charge in [-0.2, -0.15) is 0 Å². The van der Waals surface area contributed by atoms with E-state index in [1.807, 2.05) is 0 Å². The minimum absolute atomic E-state index is 0.0641. The molecule has 0 bridgehead atoms. The van der Waals surface area contributed by atoms with E-state index < -0.39 is 0 Å². The van der Waals surface area contributed by atoms with Crippen LogP contribution < -0.4 is 10.1 Å². The summed E-state index contributed by atoms with van der Waals surface area (Å²) in [4.78, 5) is 0. The number of halogens is 1. The molecule has 2 nitrogen and oxygen atoms in total. The Bertz CT molecular complexity index is 443. The van der Waals surface area contributed by atoms with Crippen molar-refractivity contribution in [2.75, 3.05) is 6.54 Å². The van der Waals surface area contributed by atoms with Crippen LogP contribution in [0.25, 0.3) is 0 Å². The Balaban J connectivity index is 2.02. The molecule has 0 saturated heterocycles. The SMILES string of the molecule is Cc1cc(OC2(CCNC(C)C)CCC2)cc(C)c1Br. The first-order valence-corrected chi connectivity index (χ1v) is 8.40. The number of rotatable bonds is 6. The Labute approximate surface area is 131 Å². The van der Waals surface area contributed by atoms with Crippen molar-refractivity contribution in [1.29, 1.82) is 0 Å². The Kier molecular flexibility index (Phi) is 5.14. The molecule has 2 rings (SSSR count). The van der Waals surface area contributed by atoms with Crippen molar-refractivity contribution < 1.29 is 4.74 Å². The van der Waals surface area contributed by atoms with E-state index >= 15 is 0 Å². The molecule has 0 atom stereocenters. The Morgan fingerprint density at radius 1 is 1.25 bits per heavy atom. The molecular formula is C17H26BrNO. The molecule has 1 saturated carbocycles. The molecule has 0 aromatic heterocycles. The molecule has 0 unspecified atom stereocenters. The summed E-state index contributed by atoms with van der Waals surface area (Å²) in [5.74, 6) is 1.02. The first-order valence-electron chi connectivity index (χ1n) is 7.61. The van der Waals surface area contributed by atoms with Gasteiger partial charge in [-0.1, -0.05) is 29.8 Å². The predicted octanol–water partition coefficient (Wildman–Crippen LogP) is 4.76. The van der Waals surface area contributed by atoms with Gasteiger partial charge in [-0.25, -0.2) is 0 Å². The molecule has 3 heteroatoms. The van der Waals surface area contributed by atoms with E-state index in [2.05, 4.69) is 61.1 Å². The van der Waals surface area contributed by atoms with Gasteiger partial charge in [0.2, 0.25) is 0 Å². The fourth-order valence-corrected chi connectivity index (χ4v) is 3.01. The van der Waals surface area contributed by atoms with Gasteiger partial charge in [0.15, 0.2) is 0 Å². The number of hydrogen-bond acceptors (Lipinski definition) is 2. The summed E-state index contributed by atoms with van der Waals surface area (Å²) < 4.78 is 7.56. The van der Waals surface area contributed by atoms with E-state index in [4.69, 9.17) is 4.74 Å². The average Bonchev–Trinajstić information content (AvgIpc) is 2.32. The number of benzene rings is 1. The molecule has 0 spiro atoms. The maximum Gasteiger partial charge on any atom is 0.120 e. The zero-order chi connectivity index (χ0) is 14.8. The Hall–Kier alpha value is -0.540. The van der Waals surface area contributed by atoms with Gasteiger partial charge in [0.05, 0.1) is 0 Å². The second-order valence-corrected chi connectivity index (χ2v) is 7.16. The van der Waals surface area contributed by atoms with Gasteiger partial charge in [0.1, 0.15) is 11.4 Å². The quantitative estimate of drug-likeness (QED) is 0.806. The molecule has 1 fully saturated rings. The first kappa shape index (κ1) is 15.8. The van der Waals surface area contributed by atoms with Crippen LogP contribution in [0.2, 0.25) is 0 Å². The van der Waals surface area contributed by atoms with Gasteiger partial charge in [-0.05, 0) is 69.3 Å². The van der Waals surface area contributed by atoms with Gasteiger partial charge >= 0.3 is 0 Å². The van der Waals surface area contributed by atoms with E-state index in [0.717, 1.165) is 18.7 Å². The monoisotopic (exact) mass is 339 g/mol. The van der Waals surface area contributed by atoms with Crippen LogP contribution >= 0.6 is 15.9 Å². The summed E-state index contributed by atoms with van der Waals surface area (Å²) in [5, 5.41) is 3.50. The van der Waals surface area contributed by atoms with Gasteiger partial charge in [0.25, 0.3) is 0 Å². The normalized spacial score (nSPS) is 17.1. The standard InChI is InChI=1S/C17H26BrNO/c1-12(2)19-9-8-17(6-5-7-17)20-15-10-13(3)16(18)14(4)11-15/h10-12,19H,5-9H2,1-4H3. The maximum atomic E-state index is 6.38. The van der Waals surface area contributed by atoms with E-state index in [1.54, 1.807) is 0 Å². The highest BCUT2D eigenvalue weighted by atomic mass is 79.9. The Morgan fingerprint density at radius 2 is 1.85 bits per heavy atom. The fourth-order valence-electron chi connectivity index (χ4n) is 2.78. The molecule has 1 aliphatic carbocycles. The molecule has 20 heavy (non-hydrogen) atoms. The molecule has 1 N–H and O–H groups in total. The fraction of sp³-hybridized carbons (Fsp3) is 0.647. The average molecular weight is 340 g/mol. The lowest BCUT2D eigenvalue weighted by Gasteiger charge is -2.42. The smallest absolute Gasteiger partial charge is 0.120 e. The summed E-state index contributed by atoms with van der Waals surface area (Å²) in [5.41, 5.74) is 2.55. The zero-order valence-corrected chi connectivity index (χ0v) is 14.6. The van der Waals surface area contributed by atoms with E-state index in [0.29, 0.717) is 6.04 Å². The second kappa shape index (κ2) is 6.48. The molecule has 1 aromatic carbocycles. The first-order chi connectivity index (χ1) is 9.42. The third kappa shape index (κ3) is 3.76. The highest BCUT2D eigenvalue weighted by Gasteiger charge is 2.38. The molecule has 0 heterocycles. The van der Waals surface area contributed by atoms with Crippen LogP contribution in [0.4, 0.5) is 0 Å². The summed E-state index contributed by atoms with van der Waals surface area (Å²) in [6, 6.07) is 4.84. The predicted molar refractivity (Wildman–Crippen MR) is 88.6 cm³/mol. The topological polar surface area (TPSA) is 21.3 Å². The zero-order valence-electron chi connectivity index (χ0n) is 13.1. The van der Waals surface area contributed by atoms with Crippen molar-refractivity contribution in [2.24, 2.45) is 0 Å². The van der Waals surface area contributed by atoms with Crippen LogP contribution in [0, 0.1) is 13.8 Å². The minimum Gasteiger partial charge on any atom is -0.487 e. The molecule has 112 valence electrons. The molecule has 1 aromatic rings. The van der Waals surface area contributed by atoms with Gasteiger partial charge in [-0.3, -0.25) is 0 Å². The van der Waals surface area contributed by atoms with Crippen LogP contribution in [0.3, 0.4) is 0 Å². The van der Waals surface area contributed by atoms with Crippen molar-refractivity contribution in [3.05, 3.63) is 27.7 Å². The molecule has 1 aliphatic rings. The lowest BCUT2D eigenvalue weighted by molar-refractivity contribution is -0.0146. The van der Waals surface area contributed by atoms with Crippen LogP contribution in [0.5, 0.6) is 5.75 Å². The molecule has 0 aliphatic heterocycles. The van der Waals surface area contributed by atoms with Crippen LogP contribution in [0.15, 0.2) is 16.6 Å². The van der Waals surface area contributed by atoms with Gasteiger partial charge in [0, 0.05) is 10.5 Å². The summed E-state index contributed by atoms with van der Waals surface area (Å²) in [6.45, 7) is 9.66. The maximum absolute atomic E-state index is 6.38. The van der Waals surface area contributed by atoms with Gasteiger partial charge < -0.3 is 10.1 Å². The van der Waals surface area contributed by atoms with E-state index in [9.17, 15) is 0 Å². The number of hydrogen-bond donors (Lipinski definition) is 1. The molecule has 0 radical (unpaired) electrons. The van der Waals surface area contributed by atoms with Crippen molar-refractivity contribution in [2.45, 2.75) is 65.0 Å². The van der Waals surface area contributed by atoms with E-state index in [1.165, 1.54) is 34.9 Å². The third-order valence-electron chi connectivity index (χ3n) is 4.14. The number of ether oxygens (including phenoxy) is 1. The minimum atomic E-state index is 0.0641. The molecule has 0 amide bonds. The summed E-state index contributed by atoms with van der Waals surface area (Å²) in [7, 11) is 0. The highest BCUT2D eigenvalue weighted by molar-refractivity contribution is 9.10. The summed E-state index contributed by atoms with van der Waals surface area (Å²) >= 11 is 3.62. The van der Waals surface area contributed by atoms with Crippen molar-refractivity contribution in [1.82, 2.24) is 5.32 Å². The van der Waals surface area contributed by atoms with Crippen molar-refractivity contribution in [3.8, 4) is 5.75 Å². The third-order valence-corrected chi connectivity index (χ3v) is 5.39. The second-order valence-electron chi connectivity index (χ2n) is 6.37. The molecular weight excluding hydrogens is 314 g/mol. The highest BCUT2D eigenvalue weighted by Crippen LogP contribution is 2.40. The Morgan fingerprint density at radius 3 is 2.30 bits per heavy atom. The summed E-state index contributed by atoms with van der Waals surface area (Å²) in [6.07, 6.45) is 4.75. The van der Waals surface area contributed by atoms with Gasteiger partial charge in [-0.15, -0.1) is 0 Å². The van der Waals surface area contributed by atoms with Crippen molar-refractivity contribution in [3.63, 3.8) is 0 Å². The number of nitrogens with one attached hydrogen (secondary N) is 1. The lowest BCUT2D eigenvalue weighted by atomic mass is 9.77. The van der Waals surface area contributed by atoms with Crippen LogP contribution in [0.1, 0.15) is 50.7 Å². The van der Waals surface area contributed by atoms with Crippen LogP contribution in [-0.4, -0.2) is 18.2 Å². The van der Waals surface area contributed by atoms with Crippen LogP contribution in [-0.2, 0) is 0 Å². The van der Waals surface area contributed by atoms with Crippen molar-refractivity contribution >= 4 is 15.9 Å². The largest absolute Gasteiger partial charge is 0.487 e. The van der Waals surface area contributed by atoms with E-state index in [-0.39, 0.29) is 5.60 Å².